The van der Waals surface area contributed by atoms with Crippen molar-refractivity contribution in [3.05, 3.63) is 42.1 Å². The predicted molar refractivity (Wildman–Crippen MR) is 80.5 cm³/mol. The van der Waals surface area contributed by atoms with Crippen LogP contribution >= 0.6 is 11.3 Å². The highest BCUT2D eigenvalue weighted by molar-refractivity contribution is 7.14. The van der Waals surface area contributed by atoms with Gasteiger partial charge in [0.25, 0.3) is 0 Å². The number of hydrogen-bond donors (Lipinski definition) is 1. The van der Waals surface area contributed by atoms with Crippen LogP contribution in [0.2, 0.25) is 0 Å². The van der Waals surface area contributed by atoms with E-state index in [0.29, 0.717) is 17.5 Å². The minimum absolute atomic E-state index is 0.0358. The molecular weight excluding hydrogens is 270 g/mol. The Labute approximate surface area is 121 Å². The molecule has 1 N–H and O–H groups in total. The number of carbonyl (C=O) groups is 1. The van der Waals surface area contributed by atoms with Gasteiger partial charge in [0.2, 0.25) is 5.91 Å². The van der Waals surface area contributed by atoms with Crippen LogP contribution in [-0.4, -0.2) is 15.9 Å². The first-order chi connectivity index (χ1) is 9.81. The summed E-state index contributed by atoms with van der Waals surface area (Å²) in [6, 6.07) is 3.83. The van der Waals surface area contributed by atoms with Gasteiger partial charge in [0.15, 0.2) is 5.13 Å². The van der Waals surface area contributed by atoms with E-state index in [9.17, 15) is 4.79 Å². The Balaban J connectivity index is 1.62. The fraction of sp³-hybridized carbons (Fsp3) is 0.267. The van der Waals surface area contributed by atoms with E-state index in [1.165, 1.54) is 11.3 Å². The number of nitrogens with zero attached hydrogens (tertiary/aromatic N) is 2. The largest absolute Gasteiger partial charge is 0.302 e. The molecule has 1 aliphatic carbocycles. The van der Waals surface area contributed by atoms with Gasteiger partial charge in [0.05, 0.1) is 5.69 Å². The number of thiazole rings is 1. The number of rotatable bonds is 4. The number of hydrogen-bond acceptors (Lipinski definition) is 4. The van der Waals surface area contributed by atoms with Crippen LogP contribution in [-0.2, 0) is 4.79 Å². The van der Waals surface area contributed by atoms with Crippen molar-refractivity contribution < 1.29 is 4.79 Å². The Hall–Kier alpha value is -2.01. The SMILES string of the molecule is O=C(C[C@H]1C=CCC1)Nc1nc(-c2cccnc2)cs1. The lowest BCUT2D eigenvalue weighted by Crippen LogP contribution is -2.14. The van der Waals surface area contributed by atoms with Gasteiger partial charge in [-0.05, 0) is 30.9 Å². The van der Waals surface area contributed by atoms with Crippen LogP contribution in [0.25, 0.3) is 11.3 Å². The van der Waals surface area contributed by atoms with Gasteiger partial charge in [0, 0.05) is 29.8 Å². The molecule has 0 saturated heterocycles. The molecule has 0 saturated carbocycles. The van der Waals surface area contributed by atoms with E-state index >= 15 is 0 Å². The topological polar surface area (TPSA) is 54.9 Å². The second-order valence-electron chi connectivity index (χ2n) is 4.80. The minimum atomic E-state index is 0.0358. The molecule has 1 aliphatic rings. The van der Waals surface area contributed by atoms with Crippen molar-refractivity contribution in [2.24, 2.45) is 5.92 Å². The Morgan fingerprint density at radius 3 is 3.20 bits per heavy atom. The quantitative estimate of drug-likeness (QED) is 0.875. The van der Waals surface area contributed by atoms with Gasteiger partial charge in [-0.2, -0.15) is 0 Å². The zero-order chi connectivity index (χ0) is 13.8. The molecule has 2 heterocycles. The fourth-order valence-electron chi connectivity index (χ4n) is 2.25. The average Bonchev–Trinajstić information content (AvgIpc) is 3.11. The standard InChI is InChI=1S/C15H15N3OS/c19-14(8-11-4-1-2-5-11)18-15-17-13(10-20-15)12-6-3-7-16-9-12/h1,3-4,6-7,9-11H,2,5,8H2,(H,17,18,19)/t11-/m0/s1. The van der Waals surface area contributed by atoms with Crippen LogP contribution < -0.4 is 5.32 Å². The molecule has 102 valence electrons. The summed E-state index contributed by atoms with van der Waals surface area (Å²) in [6.07, 6.45) is 10.5. The molecule has 0 fully saturated rings. The van der Waals surface area contributed by atoms with Crippen LogP contribution in [0.3, 0.4) is 0 Å². The monoisotopic (exact) mass is 285 g/mol. The van der Waals surface area contributed by atoms with Crippen molar-refractivity contribution in [3.63, 3.8) is 0 Å². The molecule has 0 aromatic carbocycles. The molecule has 2 aromatic rings. The zero-order valence-electron chi connectivity index (χ0n) is 11.0. The van der Waals surface area contributed by atoms with E-state index in [2.05, 4.69) is 27.4 Å². The summed E-state index contributed by atoms with van der Waals surface area (Å²) in [5.74, 6) is 0.418. The second-order valence-corrected chi connectivity index (χ2v) is 5.66. The highest BCUT2D eigenvalue weighted by Crippen LogP contribution is 2.25. The summed E-state index contributed by atoms with van der Waals surface area (Å²) in [5.41, 5.74) is 1.81. The number of carbonyl (C=O) groups excluding carboxylic acids is 1. The minimum Gasteiger partial charge on any atom is -0.302 e. The summed E-state index contributed by atoms with van der Waals surface area (Å²) in [5, 5.41) is 5.45. The Morgan fingerprint density at radius 2 is 2.45 bits per heavy atom. The number of aromatic nitrogens is 2. The Bertz CT molecular complexity index is 621. The highest BCUT2D eigenvalue weighted by atomic mass is 32.1. The number of anilines is 1. The maximum Gasteiger partial charge on any atom is 0.226 e. The van der Waals surface area contributed by atoms with Gasteiger partial charge >= 0.3 is 0 Å². The molecule has 1 atom stereocenters. The van der Waals surface area contributed by atoms with Crippen LogP contribution in [0.4, 0.5) is 5.13 Å². The molecule has 0 bridgehead atoms. The van der Waals surface area contributed by atoms with Gasteiger partial charge in [-0.1, -0.05) is 12.2 Å². The van der Waals surface area contributed by atoms with Crippen molar-refractivity contribution in [2.75, 3.05) is 5.32 Å². The molecule has 2 aromatic heterocycles. The average molecular weight is 285 g/mol. The van der Waals surface area contributed by atoms with E-state index in [1.807, 2.05) is 17.5 Å². The van der Waals surface area contributed by atoms with Crippen molar-refractivity contribution in [2.45, 2.75) is 19.3 Å². The van der Waals surface area contributed by atoms with E-state index in [4.69, 9.17) is 0 Å². The highest BCUT2D eigenvalue weighted by Gasteiger charge is 2.15. The number of amides is 1. The van der Waals surface area contributed by atoms with Crippen LogP contribution in [0, 0.1) is 5.92 Å². The summed E-state index contributed by atoms with van der Waals surface area (Å²) in [6.45, 7) is 0. The molecule has 5 heteroatoms. The van der Waals surface area contributed by atoms with Gasteiger partial charge in [-0.15, -0.1) is 11.3 Å². The molecule has 0 radical (unpaired) electrons. The molecule has 3 rings (SSSR count). The maximum absolute atomic E-state index is 11.9. The van der Waals surface area contributed by atoms with Gasteiger partial charge in [-0.3, -0.25) is 9.78 Å². The van der Waals surface area contributed by atoms with Crippen molar-refractivity contribution >= 4 is 22.4 Å². The number of nitrogens with one attached hydrogen (secondary N) is 1. The molecule has 0 spiro atoms. The fourth-order valence-corrected chi connectivity index (χ4v) is 2.99. The second kappa shape index (κ2) is 5.96. The first-order valence-electron chi connectivity index (χ1n) is 6.64. The lowest BCUT2D eigenvalue weighted by Gasteiger charge is -2.06. The first-order valence-corrected chi connectivity index (χ1v) is 7.51. The third-order valence-corrected chi connectivity index (χ3v) is 4.03. The van der Waals surface area contributed by atoms with E-state index < -0.39 is 0 Å². The lowest BCUT2D eigenvalue weighted by molar-refractivity contribution is -0.116. The third-order valence-electron chi connectivity index (χ3n) is 3.27. The van der Waals surface area contributed by atoms with Crippen molar-refractivity contribution in [3.8, 4) is 11.3 Å². The molecule has 1 amide bonds. The number of pyridine rings is 1. The molecule has 0 unspecified atom stereocenters. The normalized spacial score (nSPS) is 17.3. The maximum atomic E-state index is 11.9. The van der Waals surface area contributed by atoms with E-state index in [1.54, 1.807) is 12.4 Å². The van der Waals surface area contributed by atoms with Crippen LogP contribution in [0.15, 0.2) is 42.1 Å². The molecule has 20 heavy (non-hydrogen) atoms. The van der Waals surface area contributed by atoms with E-state index in [-0.39, 0.29) is 5.91 Å². The first kappa shape index (κ1) is 13.0. The molecule has 0 aliphatic heterocycles. The van der Waals surface area contributed by atoms with Crippen LogP contribution in [0.5, 0.6) is 0 Å². The summed E-state index contributed by atoms with van der Waals surface area (Å²) in [7, 11) is 0. The zero-order valence-corrected chi connectivity index (χ0v) is 11.8. The summed E-state index contributed by atoms with van der Waals surface area (Å²) in [4.78, 5) is 20.4. The van der Waals surface area contributed by atoms with Crippen molar-refractivity contribution in [1.82, 2.24) is 9.97 Å². The van der Waals surface area contributed by atoms with E-state index in [0.717, 1.165) is 24.1 Å². The lowest BCUT2D eigenvalue weighted by atomic mass is 10.1. The summed E-state index contributed by atoms with van der Waals surface area (Å²) < 4.78 is 0. The van der Waals surface area contributed by atoms with Gasteiger partial charge in [0.1, 0.15) is 0 Å². The van der Waals surface area contributed by atoms with Crippen molar-refractivity contribution in [1.29, 1.82) is 0 Å². The third kappa shape index (κ3) is 3.11. The van der Waals surface area contributed by atoms with Gasteiger partial charge in [-0.25, -0.2) is 4.98 Å². The number of allylic oxidation sites excluding steroid dienone is 2. The Kier molecular flexibility index (Phi) is 3.87. The smallest absolute Gasteiger partial charge is 0.226 e. The van der Waals surface area contributed by atoms with Gasteiger partial charge < -0.3 is 5.32 Å². The predicted octanol–water partition coefficient (Wildman–Crippen LogP) is 3.50. The molecular formula is C15H15N3OS. The molecule has 4 nitrogen and oxygen atoms in total. The Morgan fingerprint density at radius 1 is 1.50 bits per heavy atom. The van der Waals surface area contributed by atoms with Crippen LogP contribution in [0.1, 0.15) is 19.3 Å². The summed E-state index contributed by atoms with van der Waals surface area (Å²) >= 11 is 1.44.